The summed E-state index contributed by atoms with van der Waals surface area (Å²) >= 11 is 0. The van der Waals surface area contributed by atoms with Crippen molar-refractivity contribution in [2.24, 2.45) is 70.5 Å². The van der Waals surface area contributed by atoms with Crippen LogP contribution in [0.3, 0.4) is 0 Å². The molecule has 0 saturated heterocycles. The minimum atomic E-state index is -6.03. The van der Waals surface area contributed by atoms with Gasteiger partial charge in [0.15, 0.2) is 0 Å². The van der Waals surface area contributed by atoms with Crippen molar-refractivity contribution in [3.05, 3.63) is 0 Å². The highest BCUT2D eigenvalue weighted by Gasteiger charge is 2.63. The largest absolute Gasteiger partial charge is 0.465 e. The van der Waals surface area contributed by atoms with Gasteiger partial charge in [0.1, 0.15) is 43.2 Å². The zero-order valence-corrected chi connectivity index (χ0v) is 34.3. The summed E-state index contributed by atoms with van der Waals surface area (Å²) in [6, 6.07) is 0. The average molecular weight is 841 g/mol. The molecule has 58 heavy (non-hydrogen) atoms. The van der Waals surface area contributed by atoms with Gasteiger partial charge in [-0.2, -0.15) is 17.2 Å². The van der Waals surface area contributed by atoms with Gasteiger partial charge in [0.2, 0.25) is 0 Å². The van der Waals surface area contributed by atoms with Crippen LogP contribution in [0.1, 0.15) is 110 Å². The second-order valence-electron chi connectivity index (χ2n) is 20.6. The lowest BCUT2D eigenvalue weighted by Gasteiger charge is -2.59. The van der Waals surface area contributed by atoms with Crippen LogP contribution in [-0.2, 0) is 57.7 Å². The average Bonchev–Trinajstić information content (AvgIpc) is 3.13. The van der Waals surface area contributed by atoms with E-state index < -0.39 is 86.5 Å². The lowest BCUT2D eigenvalue weighted by atomic mass is 9.48. The van der Waals surface area contributed by atoms with Gasteiger partial charge in [-0.1, -0.05) is 0 Å². The molecule has 0 aromatic heterocycles. The minimum absolute atomic E-state index is 0.0427. The van der Waals surface area contributed by atoms with Crippen LogP contribution in [0.25, 0.3) is 0 Å². The summed E-state index contributed by atoms with van der Waals surface area (Å²) in [5.41, 5.74) is -2.07. The molecule has 3 unspecified atom stereocenters. The third-order valence-electron chi connectivity index (χ3n) is 17.0. The molecular formula is C42H58F2O13S. The van der Waals surface area contributed by atoms with Gasteiger partial charge in [0.25, 0.3) is 0 Å². The number of carbonyl (C=O) groups is 4. The van der Waals surface area contributed by atoms with Crippen LogP contribution >= 0.6 is 0 Å². The normalized spacial score (nSPS) is 44.6. The van der Waals surface area contributed by atoms with Gasteiger partial charge in [-0.15, -0.1) is 0 Å². The van der Waals surface area contributed by atoms with Crippen LogP contribution in [0.4, 0.5) is 8.78 Å². The van der Waals surface area contributed by atoms with E-state index in [2.05, 4.69) is 6.92 Å². The van der Waals surface area contributed by atoms with Gasteiger partial charge < -0.3 is 28.4 Å². The first-order valence-corrected chi connectivity index (χ1v) is 23.1. The molecule has 12 saturated carbocycles. The molecule has 0 spiro atoms. The predicted molar refractivity (Wildman–Crippen MR) is 197 cm³/mol. The fraction of sp³-hybridized carbons (Fsp3) is 0.905. The van der Waals surface area contributed by atoms with E-state index in [0.29, 0.717) is 66.6 Å². The predicted octanol–water partition coefficient (Wildman–Crippen LogP) is 5.67. The molecule has 12 rings (SSSR count). The molecule has 1 N–H and O–H groups in total. The number of ether oxygens (including phenoxy) is 6. The second kappa shape index (κ2) is 14.6. The Hall–Kier alpha value is -2.43. The number of hydrogen-bond acceptors (Lipinski definition) is 12. The van der Waals surface area contributed by atoms with E-state index in [4.69, 9.17) is 33.0 Å². The highest BCUT2D eigenvalue weighted by Crippen LogP contribution is 2.63. The Labute approximate surface area is 338 Å². The van der Waals surface area contributed by atoms with E-state index >= 15 is 0 Å². The van der Waals surface area contributed by atoms with Crippen molar-refractivity contribution < 1.29 is 69.4 Å². The van der Waals surface area contributed by atoms with Crippen molar-refractivity contribution in [2.45, 2.75) is 139 Å². The Bertz CT molecular complexity index is 1710. The highest BCUT2D eigenvalue weighted by molar-refractivity contribution is 7.87. The van der Waals surface area contributed by atoms with E-state index in [1.807, 2.05) is 6.92 Å². The van der Waals surface area contributed by atoms with Gasteiger partial charge >= 0.3 is 39.2 Å². The number of carbonyl (C=O) groups excluding carboxylic acids is 4. The van der Waals surface area contributed by atoms with Gasteiger partial charge in [-0.3, -0.25) is 9.35 Å². The van der Waals surface area contributed by atoms with Gasteiger partial charge in [-0.25, -0.2) is 14.4 Å². The number of esters is 4. The van der Waals surface area contributed by atoms with Crippen LogP contribution in [0, 0.1) is 70.5 Å². The molecule has 0 aromatic carbocycles. The van der Waals surface area contributed by atoms with E-state index in [9.17, 15) is 36.4 Å². The summed E-state index contributed by atoms with van der Waals surface area (Å²) in [7, 11) is -6.03. The molecule has 0 aromatic rings. The van der Waals surface area contributed by atoms with E-state index in [1.165, 1.54) is 12.8 Å². The molecule has 0 radical (unpaired) electrons. The molecule has 324 valence electrons. The van der Waals surface area contributed by atoms with Crippen molar-refractivity contribution >= 4 is 34.0 Å². The van der Waals surface area contributed by atoms with Crippen LogP contribution in [0.15, 0.2) is 0 Å². The molecule has 12 aliphatic rings. The standard InChI is InChI=1S/C42H58F2O13S/c1-39(29-7-22-3-23(9-29)10-30(39)8-22)56-34(45)20-52-18-33(53-21-35(46)57-40(2)31-11-24-4-25(13-31)14-32(40)12-24)19-54-37(47)41-15-26-5-27(16-41)36(28(6-26)17-41)55-38(48)42(43,44)58(49,50)51/h22-33,36H,3-21H2,1-2H3,(H,49,50,51). The van der Waals surface area contributed by atoms with E-state index in [-0.39, 0.29) is 38.6 Å². The quantitative estimate of drug-likeness (QED) is 0.121. The van der Waals surface area contributed by atoms with Gasteiger partial charge in [0, 0.05) is 0 Å². The maximum atomic E-state index is 14.1. The Morgan fingerprint density at radius 2 is 1.14 bits per heavy atom. The lowest BCUT2D eigenvalue weighted by molar-refractivity contribution is -0.212. The molecule has 13 nitrogen and oxygen atoms in total. The molecule has 0 heterocycles. The zero-order chi connectivity index (χ0) is 41.0. The first kappa shape index (κ1) is 40.9. The molecule has 3 atom stereocenters. The van der Waals surface area contributed by atoms with Crippen LogP contribution < -0.4 is 0 Å². The molecule has 12 fully saturated rings. The molecule has 12 bridgehead atoms. The maximum absolute atomic E-state index is 14.1. The number of hydrogen-bond donors (Lipinski definition) is 1. The minimum Gasteiger partial charge on any atom is -0.462 e. The molecule has 12 aliphatic carbocycles. The fourth-order valence-corrected chi connectivity index (χ4v) is 15.0. The molecule has 0 amide bonds. The van der Waals surface area contributed by atoms with Crippen molar-refractivity contribution in [1.29, 1.82) is 0 Å². The third-order valence-corrected chi connectivity index (χ3v) is 17.8. The number of halogens is 2. The van der Waals surface area contributed by atoms with Crippen LogP contribution in [0.2, 0.25) is 0 Å². The molecule has 0 aliphatic heterocycles. The van der Waals surface area contributed by atoms with E-state index in [0.717, 1.165) is 51.4 Å². The van der Waals surface area contributed by atoms with Gasteiger partial charge in [0.05, 0.1) is 12.0 Å². The second-order valence-corrected chi connectivity index (χ2v) is 22.0. The summed E-state index contributed by atoms with van der Waals surface area (Å²) in [4.78, 5) is 52.8. The summed E-state index contributed by atoms with van der Waals surface area (Å²) < 4.78 is 94.6. The molecule has 16 heteroatoms. The number of alkyl halides is 2. The molecular weight excluding hydrogens is 783 g/mol. The Morgan fingerprint density at radius 1 is 0.672 bits per heavy atom. The Balaban J connectivity index is 0.823. The summed E-state index contributed by atoms with van der Waals surface area (Å²) in [5, 5.41) is -5.11. The first-order chi connectivity index (χ1) is 27.3. The first-order valence-electron chi connectivity index (χ1n) is 21.7. The SMILES string of the molecule is CC1(OC(=O)COCC(COC(=O)C23CC4CC(C2)C(OC(=O)C(F)(F)S(=O)(=O)O)C(C4)C3)OCC(=O)OC2(C)C3CC4CC(C3)CC2C4)C2CC3CC(C2)CC1C3. The zero-order valence-electron chi connectivity index (χ0n) is 33.5. The van der Waals surface area contributed by atoms with Crippen LogP contribution in [-0.4, -0.2) is 91.9 Å². The Morgan fingerprint density at radius 3 is 1.60 bits per heavy atom. The van der Waals surface area contributed by atoms with Gasteiger partial charge in [-0.05, 0) is 175 Å². The third kappa shape index (κ3) is 7.18. The summed E-state index contributed by atoms with van der Waals surface area (Å²) in [5.74, 6) is -0.644. The number of rotatable bonds is 15. The summed E-state index contributed by atoms with van der Waals surface area (Å²) in [6.07, 6.45) is 11.0. The monoisotopic (exact) mass is 840 g/mol. The fourth-order valence-electron chi connectivity index (χ4n) is 14.8. The van der Waals surface area contributed by atoms with Crippen molar-refractivity contribution in [2.75, 3.05) is 26.4 Å². The topological polar surface area (TPSA) is 178 Å². The highest BCUT2D eigenvalue weighted by atomic mass is 32.2. The van der Waals surface area contributed by atoms with E-state index in [1.54, 1.807) is 0 Å². The van der Waals surface area contributed by atoms with Crippen molar-refractivity contribution in [3.8, 4) is 0 Å². The lowest BCUT2D eigenvalue weighted by Crippen LogP contribution is -2.58. The van der Waals surface area contributed by atoms with Crippen molar-refractivity contribution in [1.82, 2.24) is 0 Å². The summed E-state index contributed by atoms with van der Waals surface area (Å²) in [6.45, 7) is 2.90. The van der Waals surface area contributed by atoms with Crippen LogP contribution in [0.5, 0.6) is 0 Å². The smallest absolute Gasteiger partial charge is 0.462 e. The maximum Gasteiger partial charge on any atom is 0.465 e. The Kier molecular flexibility index (Phi) is 10.3. The van der Waals surface area contributed by atoms with Crippen molar-refractivity contribution in [3.63, 3.8) is 0 Å².